The number of nitrogens with two attached hydrogens (primary N) is 1. The van der Waals surface area contributed by atoms with Gasteiger partial charge in [-0.2, -0.15) is 0 Å². The lowest BCUT2D eigenvalue weighted by atomic mass is 10.0. The lowest BCUT2D eigenvalue weighted by Crippen LogP contribution is -2.25. The Hall–Kier alpha value is -1.07. The van der Waals surface area contributed by atoms with Crippen LogP contribution in [0.5, 0.6) is 5.75 Å². The molecular formula is C13H18BrNO3. The first-order chi connectivity index (χ1) is 8.43. The fourth-order valence-electron chi connectivity index (χ4n) is 1.49. The van der Waals surface area contributed by atoms with Crippen molar-refractivity contribution < 1.29 is 14.6 Å². The van der Waals surface area contributed by atoms with Crippen LogP contribution in [0, 0.1) is 0 Å². The first-order valence-electron chi connectivity index (χ1n) is 5.87. The molecule has 2 unspecified atom stereocenters. The molecule has 1 aromatic rings. The van der Waals surface area contributed by atoms with Crippen LogP contribution in [0.3, 0.4) is 0 Å². The Morgan fingerprint density at radius 1 is 1.56 bits per heavy atom. The van der Waals surface area contributed by atoms with Crippen LogP contribution in [-0.4, -0.2) is 23.2 Å². The highest BCUT2D eigenvalue weighted by Crippen LogP contribution is 2.25. The van der Waals surface area contributed by atoms with Gasteiger partial charge in [-0.25, -0.2) is 4.79 Å². The van der Waals surface area contributed by atoms with E-state index in [1.165, 1.54) is 6.92 Å². The molecule has 2 atom stereocenters. The van der Waals surface area contributed by atoms with E-state index in [-0.39, 0.29) is 6.04 Å². The average molecular weight is 316 g/mol. The van der Waals surface area contributed by atoms with Gasteiger partial charge in [0.05, 0.1) is 0 Å². The quantitative estimate of drug-likeness (QED) is 0.846. The van der Waals surface area contributed by atoms with Crippen molar-refractivity contribution >= 4 is 21.9 Å². The molecule has 0 aromatic heterocycles. The van der Waals surface area contributed by atoms with Crippen LogP contribution in [0.1, 0.15) is 25.8 Å². The monoisotopic (exact) mass is 315 g/mol. The summed E-state index contributed by atoms with van der Waals surface area (Å²) in [5.74, 6) is -0.402. The molecule has 0 bridgehead atoms. The summed E-state index contributed by atoms with van der Waals surface area (Å²) < 4.78 is 6.36. The van der Waals surface area contributed by atoms with Gasteiger partial charge in [0, 0.05) is 10.5 Å². The minimum atomic E-state index is -0.983. The van der Waals surface area contributed by atoms with Crippen LogP contribution < -0.4 is 10.5 Å². The van der Waals surface area contributed by atoms with Crippen molar-refractivity contribution in [3.05, 3.63) is 28.2 Å². The number of hydrogen-bond donors (Lipinski definition) is 2. The Bertz CT molecular complexity index is 423. The SMILES string of the molecule is CCC(N)Cc1cc(Br)ccc1OC(C)C(=O)O. The lowest BCUT2D eigenvalue weighted by Gasteiger charge is -2.17. The zero-order chi connectivity index (χ0) is 13.7. The molecule has 0 aliphatic rings. The molecule has 5 heteroatoms. The minimum Gasteiger partial charge on any atom is -0.479 e. The zero-order valence-electron chi connectivity index (χ0n) is 10.5. The predicted octanol–water partition coefficient (Wildman–Crippen LogP) is 2.58. The molecule has 0 fully saturated rings. The highest BCUT2D eigenvalue weighted by atomic mass is 79.9. The largest absolute Gasteiger partial charge is 0.479 e. The molecule has 3 N–H and O–H groups in total. The summed E-state index contributed by atoms with van der Waals surface area (Å²) in [5, 5.41) is 8.86. The second-order valence-electron chi connectivity index (χ2n) is 4.22. The summed E-state index contributed by atoms with van der Waals surface area (Å²) in [6.07, 6.45) is 0.653. The lowest BCUT2D eigenvalue weighted by molar-refractivity contribution is -0.144. The third-order valence-corrected chi connectivity index (χ3v) is 3.17. The van der Waals surface area contributed by atoms with Crippen molar-refractivity contribution in [2.45, 2.75) is 38.8 Å². The Kier molecular flexibility index (Phi) is 5.62. The zero-order valence-corrected chi connectivity index (χ0v) is 12.1. The number of rotatable bonds is 6. The van der Waals surface area contributed by atoms with E-state index in [2.05, 4.69) is 15.9 Å². The molecule has 0 radical (unpaired) electrons. The van der Waals surface area contributed by atoms with Gasteiger partial charge in [0.1, 0.15) is 5.75 Å². The Labute approximate surface area is 115 Å². The molecule has 0 heterocycles. The second kappa shape index (κ2) is 6.75. The number of benzene rings is 1. The molecule has 0 saturated carbocycles. The van der Waals surface area contributed by atoms with Crippen molar-refractivity contribution in [2.24, 2.45) is 5.73 Å². The minimum absolute atomic E-state index is 0.0433. The summed E-state index contributed by atoms with van der Waals surface area (Å²) in [4.78, 5) is 10.8. The average Bonchev–Trinajstić information content (AvgIpc) is 2.32. The predicted molar refractivity (Wildman–Crippen MR) is 73.8 cm³/mol. The van der Waals surface area contributed by atoms with Crippen LogP contribution in [-0.2, 0) is 11.2 Å². The molecule has 1 rings (SSSR count). The molecule has 0 saturated heterocycles. The van der Waals surface area contributed by atoms with Crippen LogP contribution in [0.15, 0.2) is 22.7 Å². The molecule has 1 aromatic carbocycles. The van der Waals surface area contributed by atoms with Crippen molar-refractivity contribution in [1.29, 1.82) is 0 Å². The summed E-state index contributed by atoms with van der Waals surface area (Å²) in [7, 11) is 0. The normalized spacial score (nSPS) is 14.0. The van der Waals surface area contributed by atoms with Crippen LogP contribution in [0.25, 0.3) is 0 Å². The number of ether oxygens (including phenoxy) is 1. The number of aliphatic carboxylic acids is 1. The molecule has 18 heavy (non-hydrogen) atoms. The molecule has 0 spiro atoms. The van der Waals surface area contributed by atoms with Gasteiger partial charge >= 0.3 is 5.97 Å². The number of carbonyl (C=O) groups is 1. The Morgan fingerprint density at radius 2 is 2.22 bits per heavy atom. The van der Waals surface area contributed by atoms with E-state index in [1.54, 1.807) is 6.07 Å². The van der Waals surface area contributed by atoms with Crippen molar-refractivity contribution in [3.8, 4) is 5.75 Å². The van der Waals surface area contributed by atoms with Gasteiger partial charge in [-0.15, -0.1) is 0 Å². The van der Waals surface area contributed by atoms with Gasteiger partial charge in [0.15, 0.2) is 6.10 Å². The van der Waals surface area contributed by atoms with E-state index in [0.717, 1.165) is 16.5 Å². The van der Waals surface area contributed by atoms with Gasteiger partial charge in [-0.05, 0) is 43.5 Å². The van der Waals surface area contributed by atoms with Gasteiger partial charge in [-0.1, -0.05) is 22.9 Å². The summed E-state index contributed by atoms with van der Waals surface area (Å²) >= 11 is 3.39. The van der Waals surface area contributed by atoms with E-state index >= 15 is 0 Å². The van der Waals surface area contributed by atoms with Crippen molar-refractivity contribution in [2.75, 3.05) is 0 Å². The maximum absolute atomic E-state index is 10.8. The van der Waals surface area contributed by atoms with Gasteiger partial charge in [0.2, 0.25) is 0 Å². The molecule has 0 aliphatic heterocycles. The molecule has 4 nitrogen and oxygen atoms in total. The number of carboxylic acids is 1. The van der Waals surface area contributed by atoms with Gasteiger partial charge in [-0.3, -0.25) is 0 Å². The van der Waals surface area contributed by atoms with E-state index in [0.29, 0.717) is 12.2 Å². The maximum atomic E-state index is 10.8. The van der Waals surface area contributed by atoms with E-state index in [9.17, 15) is 4.79 Å². The number of hydrogen-bond acceptors (Lipinski definition) is 3. The first kappa shape index (κ1) is 15.0. The van der Waals surface area contributed by atoms with Gasteiger partial charge in [0.25, 0.3) is 0 Å². The molecular weight excluding hydrogens is 298 g/mol. The number of halogens is 1. The summed E-state index contributed by atoms with van der Waals surface area (Å²) in [6, 6.07) is 5.55. The van der Waals surface area contributed by atoms with Crippen LogP contribution >= 0.6 is 15.9 Å². The number of carboxylic acid groups (broad SMARTS) is 1. The van der Waals surface area contributed by atoms with Gasteiger partial charge < -0.3 is 15.6 Å². The summed E-state index contributed by atoms with van der Waals surface area (Å²) in [5.41, 5.74) is 6.85. The molecule has 100 valence electrons. The molecule has 0 aliphatic carbocycles. The Morgan fingerprint density at radius 3 is 2.78 bits per heavy atom. The standard InChI is InChI=1S/C13H18BrNO3/c1-3-11(15)7-9-6-10(14)4-5-12(9)18-8(2)13(16)17/h4-6,8,11H,3,7,15H2,1-2H3,(H,16,17). The van der Waals surface area contributed by atoms with E-state index in [4.69, 9.17) is 15.6 Å². The third kappa shape index (κ3) is 4.31. The third-order valence-electron chi connectivity index (χ3n) is 2.68. The highest BCUT2D eigenvalue weighted by molar-refractivity contribution is 9.10. The summed E-state index contributed by atoms with van der Waals surface area (Å²) in [6.45, 7) is 3.52. The van der Waals surface area contributed by atoms with E-state index < -0.39 is 12.1 Å². The van der Waals surface area contributed by atoms with Crippen molar-refractivity contribution in [1.82, 2.24) is 0 Å². The topological polar surface area (TPSA) is 72.5 Å². The van der Waals surface area contributed by atoms with Crippen LogP contribution in [0.4, 0.5) is 0 Å². The van der Waals surface area contributed by atoms with E-state index in [1.807, 2.05) is 19.1 Å². The fraction of sp³-hybridized carbons (Fsp3) is 0.462. The highest BCUT2D eigenvalue weighted by Gasteiger charge is 2.16. The Balaban J connectivity index is 2.92. The fourth-order valence-corrected chi connectivity index (χ4v) is 1.90. The second-order valence-corrected chi connectivity index (χ2v) is 5.14. The first-order valence-corrected chi connectivity index (χ1v) is 6.66. The maximum Gasteiger partial charge on any atom is 0.344 e. The van der Waals surface area contributed by atoms with Crippen molar-refractivity contribution in [3.63, 3.8) is 0 Å². The molecule has 0 amide bonds. The van der Waals surface area contributed by atoms with Crippen LogP contribution in [0.2, 0.25) is 0 Å². The smallest absolute Gasteiger partial charge is 0.344 e.